The Labute approximate surface area is 151 Å². The minimum absolute atomic E-state index is 0.115. The number of amidine groups is 1. The van der Waals surface area contributed by atoms with Crippen LogP contribution in [0.2, 0.25) is 0 Å². The molecular formula is C19H19N3O4. The lowest BCUT2D eigenvalue weighted by Gasteiger charge is -2.08. The van der Waals surface area contributed by atoms with Gasteiger partial charge in [0.25, 0.3) is 0 Å². The number of nitrogens with zero attached hydrogens (tertiary/aromatic N) is 2. The van der Waals surface area contributed by atoms with Crippen molar-refractivity contribution in [3.8, 4) is 0 Å². The summed E-state index contributed by atoms with van der Waals surface area (Å²) in [6.07, 6.45) is -0.316. The second-order valence-corrected chi connectivity index (χ2v) is 5.08. The minimum atomic E-state index is -0.727. The summed E-state index contributed by atoms with van der Waals surface area (Å²) in [5.41, 5.74) is 4.12. The Morgan fingerprint density at radius 3 is 2.12 bits per heavy atom. The van der Waals surface area contributed by atoms with Crippen molar-refractivity contribution in [2.24, 2.45) is 10.1 Å². The molecule has 0 saturated heterocycles. The van der Waals surface area contributed by atoms with E-state index < -0.39 is 11.9 Å². The summed E-state index contributed by atoms with van der Waals surface area (Å²) in [5.74, 6) is -0.907. The molecule has 2 aromatic carbocycles. The molecule has 2 aromatic rings. The van der Waals surface area contributed by atoms with Crippen LogP contribution >= 0.6 is 0 Å². The molecule has 0 atom stereocenters. The van der Waals surface area contributed by atoms with Crippen LogP contribution in [0.4, 0.5) is 5.69 Å². The van der Waals surface area contributed by atoms with Gasteiger partial charge in [-0.2, -0.15) is 5.10 Å². The third-order valence-corrected chi connectivity index (χ3v) is 3.30. The van der Waals surface area contributed by atoms with Gasteiger partial charge in [0, 0.05) is 5.56 Å². The number of ether oxygens (including phenoxy) is 2. The van der Waals surface area contributed by atoms with Crippen LogP contribution in [-0.4, -0.2) is 37.7 Å². The molecule has 1 N–H and O–H groups in total. The van der Waals surface area contributed by atoms with Gasteiger partial charge in [0.2, 0.25) is 0 Å². The van der Waals surface area contributed by atoms with Gasteiger partial charge in [-0.3, -0.25) is 10.2 Å². The second-order valence-electron chi connectivity index (χ2n) is 5.08. The molecule has 0 amide bonds. The molecule has 0 bridgehead atoms. The van der Waals surface area contributed by atoms with E-state index in [1.165, 1.54) is 14.2 Å². The molecule has 26 heavy (non-hydrogen) atoms. The summed E-state index contributed by atoms with van der Waals surface area (Å²) in [5, 5.41) is 4.02. The lowest BCUT2D eigenvalue weighted by atomic mass is 10.2. The first-order valence-electron chi connectivity index (χ1n) is 7.81. The predicted molar refractivity (Wildman–Crippen MR) is 98.3 cm³/mol. The fraction of sp³-hybridized carbons (Fsp3) is 0.158. The molecular weight excluding hydrogens is 334 g/mol. The Morgan fingerprint density at radius 2 is 1.54 bits per heavy atom. The summed E-state index contributed by atoms with van der Waals surface area (Å²) < 4.78 is 9.23. The zero-order chi connectivity index (χ0) is 18.8. The molecule has 134 valence electrons. The highest BCUT2D eigenvalue weighted by molar-refractivity contribution is 6.39. The van der Waals surface area contributed by atoms with Crippen molar-refractivity contribution in [1.29, 1.82) is 0 Å². The Balaban J connectivity index is 2.34. The Hall–Kier alpha value is -3.48. The summed E-state index contributed by atoms with van der Waals surface area (Å²) in [7, 11) is 2.45. The molecule has 7 nitrogen and oxygen atoms in total. The highest BCUT2D eigenvalue weighted by Gasteiger charge is 2.17. The van der Waals surface area contributed by atoms with Crippen LogP contribution in [0.3, 0.4) is 0 Å². The maximum Gasteiger partial charge on any atom is 0.354 e. The van der Waals surface area contributed by atoms with E-state index in [4.69, 9.17) is 0 Å². The second kappa shape index (κ2) is 9.73. The monoisotopic (exact) mass is 353 g/mol. The summed E-state index contributed by atoms with van der Waals surface area (Å²) in [6, 6.07) is 18.6. The number of methoxy groups -OCH3 is 2. The van der Waals surface area contributed by atoms with E-state index in [-0.39, 0.29) is 12.1 Å². The first-order valence-corrected chi connectivity index (χ1v) is 7.81. The first-order chi connectivity index (χ1) is 12.6. The number of aliphatic imine (C=N–C) groups is 1. The Bertz CT molecular complexity index is 802. The van der Waals surface area contributed by atoms with E-state index in [0.29, 0.717) is 11.5 Å². The number of benzene rings is 2. The van der Waals surface area contributed by atoms with Crippen LogP contribution in [-0.2, 0) is 19.1 Å². The number of rotatable bonds is 6. The summed E-state index contributed by atoms with van der Waals surface area (Å²) >= 11 is 0. The van der Waals surface area contributed by atoms with E-state index in [2.05, 4.69) is 25.0 Å². The number of nitrogens with one attached hydrogen (secondary N) is 1. The van der Waals surface area contributed by atoms with Gasteiger partial charge in [-0.05, 0) is 12.1 Å². The van der Waals surface area contributed by atoms with Gasteiger partial charge < -0.3 is 9.47 Å². The van der Waals surface area contributed by atoms with Gasteiger partial charge in [0.1, 0.15) is 0 Å². The summed E-state index contributed by atoms with van der Waals surface area (Å²) in [4.78, 5) is 27.8. The van der Waals surface area contributed by atoms with Crippen molar-refractivity contribution < 1.29 is 19.1 Å². The van der Waals surface area contributed by atoms with E-state index in [9.17, 15) is 9.59 Å². The van der Waals surface area contributed by atoms with Crippen molar-refractivity contribution in [3.05, 3.63) is 66.2 Å². The number of esters is 2. The fourth-order valence-electron chi connectivity index (χ4n) is 1.99. The average molecular weight is 353 g/mol. The third-order valence-electron chi connectivity index (χ3n) is 3.30. The number of carbonyl (C=O) groups excluding carboxylic acids is 2. The van der Waals surface area contributed by atoms with Gasteiger partial charge in [0.05, 0.1) is 26.3 Å². The minimum Gasteiger partial charge on any atom is -0.469 e. The first kappa shape index (κ1) is 18.9. The number of hydrogen-bond acceptors (Lipinski definition) is 6. The van der Waals surface area contributed by atoms with Crippen LogP contribution < -0.4 is 5.43 Å². The van der Waals surface area contributed by atoms with E-state index in [1.807, 2.05) is 60.7 Å². The molecule has 0 aliphatic heterocycles. The van der Waals surface area contributed by atoms with Crippen LogP contribution in [0.15, 0.2) is 70.8 Å². The molecule has 0 radical (unpaired) electrons. The maximum absolute atomic E-state index is 11.8. The van der Waals surface area contributed by atoms with Gasteiger partial charge in [-0.15, -0.1) is 0 Å². The number of carbonyl (C=O) groups is 2. The van der Waals surface area contributed by atoms with Gasteiger partial charge >= 0.3 is 11.9 Å². The summed E-state index contributed by atoms with van der Waals surface area (Å²) in [6.45, 7) is 0. The highest BCUT2D eigenvalue weighted by Crippen LogP contribution is 2.12. The lowest BCUT2D eigenvalue weighted by Crippen LogP contribution is -2.27. The maximum atomic E-state index is 11.8. The Kier molecular flexibility index (Phi) is 7.05. The molecule has 0 fully saturated rings. The molecule has 0 unspecified atom stereocenters. The van der Waals surface area contributed by atoms with Gasteiger partial charge in [-0.1, -0.05) is 48.5 Å². The zero-order valence-corrected chi connectivity index (χ0v) is 14.5. The molecule has 0 aliphatic rings. The van der Waals surface area contributed by atoms with Crippen LogP contribution in [0, 0.1) is 0 Å². The molecule has 0 spiro atoms. The van der Waals surface area contributed by atoms with Crippen LogP contribution in [0.25, 0.3) is 0 Å². The lowest BCUT2D eigenvalue weighted by molar-refractivity contribution is -0.140. The molecule has 0 aromatic heterocycles. The van der Waals surface area contributed by atoms with Crippen molar-refractivity contribution in [2.45, 2.75) is 6.42 Å². The highest BCUT2D eigenvalue weighted by atomic mass is 16.5. The van der Waals surface area contributed by atoms with Crippen molar-refractivity contribution in [3.63, 3.8) is 0 Å². The molecule has 7 heteroatoms. The predicted octanol–water partition coefficient (Wildman–Crippen LogP) is 2.45. The van der Waals surface area contributed by atoms with Crippen molar-refractivity contribution in [1.82, 2.24) is 5.43 Å². The smallest absolute Gasteiger partial charge is 0.354 e. The largest absolute Gasteiger partial charge is 0.469 e. The van der Waals surface area contributed by atoms with E-state index >= 15 is 0 Å². The number of hydrazone groups is 1. The third kappa shape index (κ3) is 5.55. The number of hydrogen-bond donors (Lipinski definition) is 1. The van der Waals surface area contributed by atoms with Crippen molar-refractivity contribution >= 4 is 29.2 Å². The quantitative estimate of drug-likeness (QED) is 0.373. The Morgan fingerprint density at radius 1 is 0.923 bits per heavy atom. The molecule has 0 heterocycles. The van der Waals surface area contributed by atoms with Crippen LogP contribution in [0.1, 0.15) is 12.0 Å². The standard InChI is InChI=1S/C19H19N3O4/c1-25-17(23)13-16(19(24)26-2)21-22-18(14-9-5-3-6-10-14)20-15-11-7-4-8-12-15/h3-12H,13H2,1-2H3,(H,20,22)/b21-16+. The van der Waals surface area contributed by atoms with Gasteiger partial charge in [0.15, 0.2) is 11.5 Å². The SMILES string of the molecule is COC(=O)C/C(=N\NC(=Nc1ccccc1)c1ccccc1)C(=O)OC. The van der Waals surface area contributed by atoms with Crippen molar-refractivity contribution in [2.75, 3.05) is 14.2 Å². The topological polar surface area (TPSA) is 89.4 Å². The molecule has 0 aliphatic carbocycles. The average Bonchev–Trinajstić information content (AvgIpc) is 2.70. The van der Waals surface area contributed by atoms with Gasteiger partial charge in [-0.25, -0.2) is 9.79 Å². The normalized spacial score (nSPS) is 11.6. The number of para-hydroxylation sites is 1. The molecule has 0 saturated carbocycles. The van der Waals surface area contributed by atoms with E-state index in [1.54, 1.807) is 0 Å². The molecule has 2 rings (SSSR count). The fourth-order valence-corrected chi connectivity index (χ4v) is 1.99. The zero-order valence-electron chi connectivity index (χ0n) is 14.5. The van der Waals surface area contributed by atoms with E-state index in [0.717, 1.165) is 5.56 Å². The van der Waals surface area contributed by atoms with Crippen LogP contribution in [0.5, 0.6) is 0 Å².